The van der Waals surface area contributed by atoms with Gasteiger partial charge in [0, 0.05) is 23.7 Å². The first-order valence-electron chi connectivity index (χ1n) is 6.20. The minimum absolute atomic E-state index is 0. The second-order valence-corrected chi connectivity index (χ2v) is 7.05. The molecule has 1 spiro atoms. The first-order chi connectivity index (χ1) is 8.88. The number of halogens is 3. The normalized spacial score (nSPS) is 30.8. The van der Waals surface area contributed by atoms with Crippen LogP contribution in [0.4, 0.5) is 5.82 Å². The second-order valence-electron chi connectivity index (χ2n) is 5.82. The number of pyridine rings is 1. The van der Waals surface area contributed by atoms with Crippen LogP contribution in [0.2, 0.25) is 5.02 Å². The molecule has 20 heavy (non-hydrogen) atoms. The van der Waals surface area contributed by atoms with Crippen LogP contribution in [-0.4, -0.2) is 22.6 Å². The summed E-state index contributed by atoms with van der Waals surface area (Å²) < 4.78 is 0.764. The Bertz CT molecular complexity index is 584. The smallest absolute Gasteiger partial charge is 0.309 e. The summed E-state index contributed by atoms with van der Waals surface area (Å²) in [5.74, 6) is 0.0692. The Morgan fingerprint density at radius 3 is 2.85 bits per heavy atom. The Kier molecular flexibility index (Phi) is 4.00. The van der Waals surface area contributed by atoms with Crippen LogP contribution in [0.3, 0.4) is 0 Å². The summed E-state index contributed by atoms with van der Waals surface area (Å²) >= 11 is 9.80. The van der Waals surface area contributed by atoms with Crippen LogP contribution in [-0.2, 0) is 10.2 Å². The number of carbonyl (C=O) groups is 1. The number of rotatable bonds is 1. The van der Waals surface area contributed by atoms with Crippen LogP contribution in [0.15, 0.2) is 10.7 Å². The molecule has 7 heteroatoms. The third kappa shape index (κ3) is 2.11. The Hall–Kier alpha value is -0.520. The highest BCUT2D eigenvalue weighted by molar-refractivity contribution is 9.10. The van der Waals surface area contributed by atoms with Crippen LogP contribution in [0, 0.1) is 5.41 Å². The van der Waals surface area contributed by atoms with Crippen LogP contribution in [0.5, 0.6) is 0 Å². The van der Waals surface area contributed by atoms with Gasteiger partial charge in [-0.05, 0) is 42.1 Å². The summed E-state index contributed by atoms with van der Waals surface area (Å²) in [5.41, 5.74) is 0.110. The third-order valence-corrected chi connectivity index (χ3v) is 5.72. The van der Waals surface area contributed by atoms with Crippen LogP contribution in [0.25, 0.3) is 0 Å². The molecule has 0 amide bonds. The van der Waals surface area contributed by atoms with Crippen LogP contribution >= 0.6 is 39.9 Å². The van der Waals surface area contributed by atoms with E-state index in [1.165, 1.54) is 0 Å². The molecule has 0 saturated heterocycles. The number of carboxylic acids is 1. The number of nitrogens with zero attached hydrogens (tertiary/aromatic N) is 1. The Morgan fingerprint density at radius 1 is 1.55 bits per heavy atom. The number of fused-ring (bicyclic) bond motifs is 2. The van der Waals surface area contributed by atoms with Gasteiger partial charge in [-0.15, -0.1) is 12.4 Å². The molecule has 2 N–H and O–H groups in total. The number of nitrogens with one attached hydrogen (secondary N) is 1. The molecule has 0 aromatic carbocycles. The van der Waals surface area contributed by atoms with Crippen LogP contribution in [0.1, 0.15) is 31.7 Å². The van der Waals surface area contributed by atoms with Crippen molar-refractivity contribution in [1.29, 1.82) is 0 Å². The van der Waals surface area contributed by atoms with E-state index in [1.807, 2.05) is 6.92 Å². The molecule has 1 aromatic heterocycles. The van der Waals surface area contributed by atoms with Crippen molar-refractivity contribution in [3.8, 4) is 0 Å². The largest absolute Gasteiger partial charge is 0.481 e. The molecule has 1 aliphatic heterocycles. The van der Waals surface area contributed by atoms with E-state index in [4.69, 9.17) is 11.6 Å². The monoisotopic (exact) mass is 380 g/mol. The number of anilines is 1. The SMILES string of the molecule is CC1(C(=O)O)CCC2(CNc3ncc(Br)c(Cl)c32)C1.Cl. The summed E-state index contributed by atoms with van der Waals surface area (Å²) in [7, 11) is 0. The molecule has 1 aliphatic carbocycles. The van der Waals surface area contributed by atoms with Gasteiger partial charge < -0.3 is 10.4 Å². The summed E-state index contributed by atoms with van der Waals surface area (Å²) in [5, 5.41) is 13.3. The molecule has 110 valence electrons. The molecule has 1 saturated carbocycles. The van der Waals surface area contributed by atoms with Gasteiger partial charge >= 0.3 is 5.97 Å². The fourth-order valence-corrected chi connectivity index (χ4v) is 4.05. The van der Waals surface area contributed by atoms with Crippen molar-refractivity contribution in [2.24, 2.45) is 5.41 Å². The number of hydrogen-bond donors (Lipinski definition) is 2. The van der Waals surface area contributed by atoms with Crippen molar-refractivity contribution in [2.75, 3.05) is 11.9 Å². The quantitative estimate of drug-likeness (QED) is 0.775. The highest BCUT2D eigenvalue weighted by Gasteiger charge is 2.54. The lowest BCUT2D eigenvalue weighted by molar-refractivity contribution is -0.147. The van der Waals surface area contributed by atoms with Gasteiger partial charge in [0.15, 0.2) is 0 Å². The zero-order chi connectivity index (χ0) is 13.8. The Balaban J connectivity index is 0.00000147. The lowest BCUT2D eigenvalue weighted by Gasteiger charge is -2.26. The molecule has 3 rings (SSSR count). The van der Waals surface area contributed by atoms with Gasteiger partial charge in [-0.2, -0.15) is 0 Å². The third-order valence-electron chi connectivity index (χ3n) is 4.50. The zero-order valence-electron chi connectivity index (χ0n) is 10.9. The van der Waals surface area contributed by atoms with E-state index in [0.717, 1.165) is 22.3 Å². The average Bonchev–Trinajstić information content (AvgIpc) is 2.88. The molecule has 2 unspecified atom stereocenters. The topological polar surface area (TPSA) is 62.2 Å². The highest BCUT2D eigenvalue weighted by atomic mass is 79.9. The maximum Gasteiger partial charge on any atom is 0.309 e. The fourth-order valence-electron chi connectivity index (χ4n) is 3.41. The van der Waals surface area contributed by atoms with Gasteiger partial charge in [0.25, 0.3) is 0 Å². The fraction of sp³-hybridized carbons (Fsp3) is 0.538. The van der Waals surface area contributed by atoms with E-state index < -0.39 is 11.4 Å². The summed E-state index contributed by atoms with van der Waals surface area (Å²) in [4.78, 5) is 15.8. The molecular formula is C13H15BrCl2N2O2. The molecular weight excluding hydrogens is 367 g/mol. The van der Waals surface area contributed by atoms with E-state index in [9.17, 15) is 9.90 Å². The van der Waals surface area contributed by atoms with Gasteiger partial charge in [0.2, 0.25) is 0 Å². The maximum absolute atomic E-state index is 11.4. The Labute approximate surface area is 136 Å². The van der Waals surface area contributed by atoms with Gasteiger partial charge in [-0.1, -0.05) is 11.6 Å². The van der Waals surface area contributed by atoms with E-state index in [-0.39, 0.29) is 17.8 Å². The molecule has 4 nitrogen and oxygen atoms in total. The molecule has 0 radical (unpaired) electrons. The minimum Gasteiger partial charge on any atom is -0.481 e. The molecule has 1 fully saturated rings. The van der Waals surface area contributed by atoms with E-state index in [2.05, 4.69) is 26.2 Å². The number of aromatic nitrogens is 1. The van der Waals surface area contributed by atoms with Crippen LogP contribution < -0.4 is 5.32 Å². The molecule has 2 heterocycles. The highest BCUT2D eigenvalue weighted by Crippen LogP contribution is 2.56. The van der Waals surface area contributed by atoms with Gasteiger partial charge in [-0.25, -0.2) is 4.98 Å². The lowest BCUT2D eigenvalue weighted by Crippen LogP contribution is -2.31. The van der Waals surface area contributed by atoms with Crippen molar-refractivity contribution in [1.82, 2.24) is 4.98 Å². The van der Waals surface area contributed by atoms with Crippen molar-refractivity contribution in [3.63, 3.8) is 0 Å². The number of aliphatic carboxylic acids is 1. The predicted octanol–water partition coefficient (Wildman–Crippen LogP) is 3.86. The zero-order valence-corrected chi connectivity index (χ0v) is 14.0. The van der Waals surface area contributed by atoms with Crippen molar-refractivity contribution in [3.05, 3.63) is 21.3 Å². The molecule has 2 atom stereocenters. The van der Waals surface area contributed by atoms with Gasteiger partial charge in [-0.3, -0.25) is 4.79 Å². The average molecular weight is 382 g/mol. The number of hydrogen-bond acceptors (Lipinski definition) is 3. The molecule has 0 bridgehead atoms. The number of carboxylic acid groups (broad SMARTS) is 1. The molecule has 2 aliphatic rings. The molecule has 1 aromatic rings. The van der Waals surface area contributed by atoms with Gasteiger partial charge in [0.05, 0.1) is 14.9 Å². The van der Waals surface area contributed by atoms with Gasteiger partial charge in [0.1, 0.15) is 5.82 Å². The predicted molar refractivity (Wildman–Crippen MR) is 84.0 cm³/mol. The standard InChI is InChI=1S/C13H14BrClN2O2.ClH/c1-12(11(18)19)2-3-13(5-12)6-17-10-8(13)9(15)7(14)4-16-10;/h4H,2-3,5-6H2,1H3,(H,16,17)(H,18,19);1H. The first kappa shape index (κ1) is 15.9. The second kappa shape index (κ2) is 5.04. The lowest BCUT2D eigenvalue weighted by atomic mass is 9.77. The Morgan fingerprint density at radius 2 is 2.25 bits per heavy atom. The maximum atomic E-state index is 11.4. The summed E-state index contributed by atoms with van der Waals surface area (Å²) in [6.45, 7) is 2.54. The van der Waals surface area contributed by atoms with E-state index >= 15 is 0 Å². The van der Waals surface area contributed by atoms with Crippen molar-refractivity contribution >= 4 is 51.7 Å². The van der Waals surface area contributed by atoms with Crippen molar-refractivity contribution in [2.45, 2.75) is 31.6 Å². The summed E-state index contributed by atoms with van der Waals surface area (Å²) in [6.07, 6.45) is 3.78. The van der Waals surface area contributed by atoms with E-state index in [0.29, 0.717) is 24.4 Å². The first-order valence-corrected chi connectivity index (χ1v) is 7.37. The summed E-state index contributed by atoms with van der Waals surface area (Å²) in [6, 6.07) is 0. The van der Waals surface area contributed by atoms with E-state index in [1.54, 1.807) is 6.20 Å². The van der Waals surface area contributed by atoms with Crippen molar-refractivity contribution < 1.29 is 9.90 Å². The minimum atomic E-state index is -0.725.